The van der Waals surface area contributed by atoms with Gasteiger partial charge in [-0.1, -0.05) is 17.7 Å². The van der Waals surface area contributed by atoms with Crippen LogP contribution in [-0.2, 0) is 4.74 Å². The summed E-state index contributed by atoms with van der Waals surface area (Å²) in [4.78, 5) is 14.9. The minimum Gasteiger partial charge on any atom is -0.416 e. The van der Waals surface area contributed by atoms with Crippen LogP contribution in [0.15, 0.2) is 52.9 Å². The normalized spacial score (nSPS) is 15.5. The van der Waals surface area contributed by atoms with Gasteiger partial charge in [0.2, 0.25) is 11.8 Å². The molecule has 0 aliphatic carbocycles. The Morgan fingerprint density at radius 2 is 1.58 bits per heavy atom. The molecule has 1 amide bonds. The Morgan fingerprint density at radius 3 is 2.19 bits per heavy atom. The van der Waals surface area contributed by atoms with Crippen molar-refractivity contribution >= 4 is 5.91 Å². The van der Waals surface area contributed by atoms with Crippen molar-refractivity contribution in [2.75, 3.05) is 32.8 Å². The maximum atomic E-state index is 12.6. The topological polar surface area (TPSA) is 80.5 Å². The molecule has 1 aliphatic rings. The Kier molecular flexibility index (Phi) is 6.74. The lowest BCUT2D eigenvalue weighted by Crippen LogP contribution is -2.40. The summed E-state index contributed by atoms with van der Waals surface area (Å²) in [7, 11) is 0. The number of rotatable bonds is 7. The monoisotopic (exact) mass is 420 g/mol. The molecule has 1 fully saturated rings. The smallest absolute Gasteiger partial charge is 0.251 e. The van der Waals surface area contributed by atoms with Gasteiger partial charge in [-0.25, -0.2) is 0 Å². The van der Waals surface area contributed by atoms with Crippen LogP contribution in [0.1, 0.15) is 29.3 Å². The molecule has 0 saturated carbocycles. The molecular formula is C24H28N4O3. The third-order valence-corrected chi connectivity index (χ3v) is 5.48. The first-order chi connectivity index (χ1) is 15.1. The Labute approximate surface area is 182 Å². The first-order valence-electron chi connectivity index (χ1n) is 10.7. The number of carbonyl (C=O) groups excluding carboxylic acids is 1. The molecule has 2 aromatic carbocycles. The molecule has 0 spiro atoms. The van der Waals surface area contributed by atoms with Crippen LogP contribution >= 0.6 is 0 Å². The molecule has 0 bridgehead atoms. The van der Waals surface area contributed by atoms with Crippen molar-refractivity contribution < 1.29 is 13.9 Å². The van der Waals surface area contributed by atoms with Gasteiger partial charge < -0.3 is 14.5 Å². The second-order valence-electron chi connectivity index (χ2n) is 7.97. The van der Waals surface area contributed by atoms with Crippen LogP contribution in [0.2, 0.25) is 0 Å². The first kappa shape index (κ1) is 21.2. The van der Waals surface area contributed by atoms with E-state index in [1.807, 2.05) is 50.2 Å². The SMILES string of the molecule is Cc1ccc(-c2nnc(-c3ccc(C(=O)NC(C)CCN4CCOCC4)cc3)o2)cc1. The molecule has 0 radical (unpaired) electrons. The molecule has 1 atom stereocenters. The first-order valence-corrected chi connectivity index (χ1v) is 10.7. The molecule has 4 rings (SSSR count). The molecule has 1 N–H and O–H groups in total. The van der Waals surface area contributed by atoms with E-state index >= 15 is 0 Å². The van der Waals surface area contributed by atoms with Gasteiger partial charge in [-0.2, -0.15) is 0 Å². The van der Waals surface area contributed by atoms with Crippen molar-refractivity contribution in [2.45, 2.75) is 26.3 Å². The van der Waals surface area contributed by atoms with Gasteiger partial charge in [-0.3, -0.25) is 9.69 Å². The summed E-state index contributed by atoms with van der Waals surface area (Å²) in [5, 5.41) is 11.4. The maximum absolute atomic E-state index is 12.6. The van der Waals surface area contributed by atoms with Crippen LogP contribution in [0.3, 0.4) is 0 Å². The number of ether oxygens (including phenoxy) is 1. The van der Waals surface area contributed by atoms with E-state index in [-0.39, 0.29) is 11.9 Å². The zero-order chi connectivity index (χ0) is 21.6. The predicted octanol–water partition coefficient (Wildman–Crippen LogP) is 3.55. The lowest BCUT2D eigenvalue weighted by molar-refractivity contribution is 0.0363. The van der Waals surface area contributed by atoms with E-state index < -0.39 is 0 Å². The minimum absolute atomic E-state index is 0.0769. The Hall–Kier alpha value is -3.03. The quantitative estimate of drug-likeness (QED) is 0.630. The van der Waals surface area contributed by atoms with Crippen LogP contribution in [0.25, 0.3) is 22.9 Å². The van der Waals surface area contributed by atoms with E-state index in [4.69, 9.17) is 9.15 Å². The van der Waals surface area contributed by atoms with Crippen molar-refractivity contribution in [1.29, 1.82) is 0 Å². The van der Waals surface area contributed by atoms with Crippen molar-refractivity contribution in [2.24, 2.45) is 0 Å². The summed E-state index contributed by atoms with van der Waals surface area (Å²) in [6, 6.07) is 15.3. The lowest BCUT2D eigenvalue weighted by Gasteiger charge is -2.27. The van der Waals surface area contributed by atoms with Crippen molar-refractivity contribution in [3.05, 3.63) is 59.7 Å². The number of aromatic nitrogens is 2. The number of benzene rings is 2. The largest absolute Gasteiger partial charge is 0.416 e. The average Bonchev–Trinajstić information content (AvgIpc) is 3.29. The Balaban J connectivity index is 1.33. The average molecular weight is 421 g/mol. The third-order valence-electron chi connectivity index (χ3n) is 5.48. The number of hydrogen-bond acceptors (Lipinski definition) is 6. The highest BCUT2D eigenvalue weighted by Gasteiger charge is 2.15. The third kappa shape index (κ3) is 5.57. The van der Waals surface area contributed by atoms with E-state index in [0.29, 0.717) is 17.3 Å². The molecule has 7 nitrogen and oxygen atoms in total. The summed E-state index contributed by atoms with van der Waals surface area (Å²) < 4.78 is 11.2. The highest BCUT2D eigenvalue weighted by Crippen LogP contribution is 2.24. The minimum atomic E-state index is -0.0769. The van der Waals surface area contributed by atoms with Gasteiger partial charge in [-0.15, -0.1) is 10.2 Å². The number of nitrogens with one attached hydrogen (secondary N) is 1. The fraction of sp³-hybridized carbons (Fsp3) is 0.375. The van der Waals surface area contributed by atoms with Gasteiger partial charge in [0.15, 0.2) is 0 Å². The van der Waals surface area contributed by atoms with Crippen molar-refractivity contribution in [3.63, 3.8) is 0 Å². The maximum Gasteiger partial charge on any atom is 0.251 e. The van der Waals surface area contributed by atoms with Crippen LogP contribution in [0, 0.1) is 6.92 Å². The molecule has 2 heterocycles. The van der Waals surface area contributed by atoms with E-state index in [0.717, 1.165) is 50.4 Å². The van der Waals surface area contributed by atoms with Crippen LogP contribution in [0.5, 0.6) is 0 Å². The number of amides is 1. The molecule has 1 unspecified atom stereocenters. The summed E-state index contributed by atoms with van der Waals surface area (Å²) in [6.45, 7) is 8.54. The van der Waals surface area contributed by atoms with Crippen LogP contribution in [-0.4, -0.2) is 59.9 Å². The zero-order valence-electron chi connectivity index (χ0n) is 18.0. The summed E-state index contributed by atoms with van der Waals surface area (Å²) in [5.74, 6) is 0.833. The highest BCUT2D eigenvalue weighted by molar-refractivity contribution is 5.94. The van der Waals surface area contributed by atoms with Gasteiger partial charge in [0, 0.05) is 42.4 Å². The number of nitrogens with zero attached hydrogens (tertiary/aromatic N) is 3. The van der Waals surface area contributed by atoms with Crippen LogP contribution in [0.4, 0.5) is 0 Å². The number of morpholine rings is 1. The summed E-state index contributed by atoms with van der Waals surface area (Å²) in [5.41, 5.74) is 3.45. The molecule has 1 saturated heterocycles. The zero-order valence-corrected chi connectivity index (χ0v) is 18.0. The van der Waals surface area contributed by atoms with Crippen molar-refractivity contribution in [3.8, 4) is 22.9 Å². The molecule has 3 aromatic rings. The summed E-state index contributed by atoms with van der Waals surface area (Å²) in [6.07, 6.45) is 0.910. The Morgan fingerprint density at radius 1 is 1.00 bits per heavy atom. The molecule has 1 aliphatic heterocycles. The second kappa shape index (κ2) is 9.85. The second-order valence-corrected chi connectivity index (χ2v) is 7.97. The molecule has 162 valence electrons. The highest BCUT2D eigenvalue weighted by atomic mass is 16.5. The van der Waals surface area contributed by atoms with Crippen molar-refractivity contribution in [1.82, 2.24) is 20.4 Å². The fourth-order valence-electron chi connectivity index (χ4n) is 3.50. The van der Waals surface area contributed by atoms with Gasteiger partial charge in [-0.05, 0) is 56.7 Å². The lowest BCUT2D eigenvalue weighted by atomic mass is 10.1. The van der Waals surface area contributed by atoms with Gasteiger partial charge in [0.1, 0.15) is 0 Å². The van der Waals surface area contributed by atoms with Gasteiger partial charge in [0.25, 0.3) is 5.91 Å². The molecule has 31 heavy (non-hydrogen) atoms. The van der Waals surface area contributed by atoms with E-state index in [2.05, 4.69) is 20.4 Å². The predicted molar refractivity (Wildman–Crippen MR) is 119 cm³/mol. The standard InChI is InChI=1S/C24H28N4O3/c1-17-3-5-20(6-4-17)23-26-27-24(31-23)21-9-7-19(8-10-21)22(29)25-18(2)11-12-28-13-15-30-16-14-28/h3-10,18H,11-16H2,1-2H3,(H,25,29). The molecule has 7 heteroatoms. The van der Waals surface area contributed by atoms with E-state index in [9.17, 15) is 4.79 Å². The number of hydrogen-bond donors (Lipinski definition) is 1. The summed E-state index contributed by atoms with van der Waals surface area (Å²) >= 11 is 0. The Bertz CT molecular complexity index is 992. The van der Waals surface area contributed by atoms with E-state index in [1.54, 1.807) is 12.1 Å². The van der Waals surface area contributed by atoms with E-state index in [1.165, 1.54) is 5.56 Å². The number of carbonyl (C=O) groups is 1. The fourth-order valence-corrected chi connectivity index (χ4v) is 3.50. The number of aryl methyl sites for hydroxylation is 1. The van der Waals surface area contributed by atoms with Crippen LogP contribution < -0.4 is 5.32 Å². The molecular weight excluding hydrogens is 392 g/mol. The molecule has 1 aromatic heterocycles. The van der Waals surface area contributed by atoms with Gasteiger partial charge in [0.05, 0.1) is 13.2 Å². The van der Waals surface area contributed by atoms with Gasteiger partial charge >= 0.3 is 0 Å².